The number of hydrogen-bond acceptors (Lipinski definition) is 6. The van der Waals surface area contributed by atoms with Crippen LogP contribution < -0.4 is 0 Å². The maximum atomic E-state index is 13.6. The van der Waals surface area contributed by atoms with E-state index in [1.807, 2.05) is 19.1 Å². The molecule has 162 valence electrons. The Morgan fingerprint density at radius 2 is 1.80 bits per heavy atom. The van der Waals surface area contributed by atoms with Crippen LogP contribution in [-0.2, 0) is 24.1 Å². The first-order valence-electron chi connectivity index (χ1n) is 9.89. The van der Waals surface area contributed by atoms with Gasteiger partial charge in [-0.25, -0.2) is 8.42 Å². The summed E-state index contributed by atoms with van der Waals surface area (Å²) >= 11 is 3.35. The first-order valence-corrected chi connectivity index (χ1v) is 12.2. The molecule has 8 heteroatoms. The smallest absolute Gasteiger partial charge is 0.328 e. The highest BCUT2D eigenvalue weighted by atomic mass is 79.9. The Kier molecular flexibility index (Phi) is 6.69. The molecule has 0 bridgehead atoms. The Hall–Kier alpha value is -1.77. The molecule has 1 aromatic heterocycles. The van der Waals surface area contributed by atoms with Gasteiger partial charge in [-0.15, -0.1) is 0 Å². The van der Waals surface area contributed by atoms with Crippen LogP contribution in [0.25, 0.3) is 11.3 Å². The van der Waals surface area contributed by atoms with Gasteiger partial charge in [-0.2, -0.15) is 0 Å². The van der Waals surface area contributed by atoms with Gasteiger partial charge < -0.3 is 9.47 Å². The molecule has 0 saturated carbocycles. The van der Waals surface area contributed by atoms with Crippen LogP contribution in [-0.4, -0.2) is 42.9 Å². The minimum Gasteiger partial charge on any atom is -0.458 e. The molecule has 0 spiro atoms. The summed E-state index contributed by atoms with van der Waals surface area (Å²) in [6.07, 6.45) is 2.41. The quantitative estimate of drug-likeness (QED) is 0.546. The number of ether oxygens (including phenoxy) is 2. The molecular formula is C22H26BrNO5S. The van der Waals surface area contributed by atoms with Crippen LogP contribution in [0.1, 0.15) is 40.0 Å². The van der Waals surface area contributed by atoms with Crippen molar-refractivity contribution in [2.45, 2.75) is 55.3 Å². The zero-order valence-corrected chi connectivity index (χ0v) is 19.8. The molecule has 1 aliphatic heterocycles. The second kappa shape index (κ2) is 8.77. The van der Waals surface area contributed by atoms with E-state index in [0.717, 1.165) is 15.7 Å². The number of sulfone groups is 1. The van der Waals surface area contributed by atoms with Gasteiger partial charge >= 0.3 is 5.97 Å². The van der Waals surface area contributed by atoms with E-state index in [1.165, 1.54) is 12.1 Å². The Bertz CT molecular complexity index is 995. The molecular weight excluding hydrogens is 470 g/mol. The van der Waals surface area contributed by atoms with Gasteiger partial charge in [0.2, 0.25) is 0 Å². The zero-order valence-electron chi connectivity index (χ0n) is 17.4. The van der Waals surface area contributed by atoms with Gasteiger partial charge in [-0.3, -0.25) is 9.78 Å². The molecule has 30 heavy (non-hydrogen) atoms. The number of benzene rings is 1. The van der Waals surface area contributed by atoms with Crippen LogP contribution >= 0.6 is 15.9 Å². The minimum atomic E-state index is -3.99. The molecule has 6 nitrogen and oxygen atoms in total. The number of carbonyl (C=O) groups is 1. The fourth-order valence-electron chi connectivity index (χ4n) is 3.28. The summed E-state index contributed by atoms with van der Waals surface area (Å²) < 4.78 is 37.5. The van der Waals surface area contributed by atoms with Crippen LogP contribution in [0.5, 0.6) is 0 Å². The van der Waals surface area contributed by atoms with Crippen LogP contribution in [0, 0.1) is 0 Å². The standard InChI is InChI=1S/C22H26BrNO5S/c1-4-21(2,3)29-20(25)22(11-13-28-14-12-22)30(26,27)18-8-5-16(6-9-18)19-10-7-17(23)15-24-19/h5-10,15H,4,11-14H2,1-3H3. The van der Waals surface area contributed by atoms with E-state index in [0.29, 0.717) is 6.42 Å². The molecule has 3 rings (SSSR count). The molecule has 0 N–H and O–H groups in total. The predicted octanol–water partition coefficient (Wildman–Crippen LogP) is 4.57. The summed E-state index contributed by atoms with van der Waals surface area (Å²) in [7, 11) is -3.99. The first-order chi connectivity index (χ1) is 14.1. The summed E-state index contributed by atoms with van der Waals surface area (Å²) in [4.78, 5) is 17.6. The van der Waals surface area contributed by atoms with Crippen molar-refractivity contribution in [3.8, 4) is 11.3 Å². The highest BCUT2D eigenvalue weighted by molar-refractivity contribution is 9.10. The average molecular weight is 496 g/mol. The lowest BCUT2D eigenvalue weighted by Crippen LogP contribution is -2.53. The number of rotatable bonds is 6. The summed E-state index contributed by atoms with van der Waals surface area (Å²) in [5, 5.41) is 0. The lowest BCUT2D eigenvalue weighted by molar-refractivity contribution is -0.162. The Balaban J connectivity index is 1.97. The first kappa shape index (κ1) is 22.9. The molecule has 2 heterocycles. The van der Waals surface area contributed by atoms with Gasteiger partial charge in [0.25, 0.3) is 0 Å². The lowest BCUT2D eigenvalue weighted by atomic mass is 9.98. The number of carbonyl (C=O) groups excluding carboxylic acids is 1. The minimum absolute atomic E-state index is 0.0734. The molecule has 0 radical (unpaired) electrons. The molecule has 0 aliphatic carbocycles. The third-order valence-corrected chi connectivity index (χ3v) is 8.56. The summed E-state index contributed by atoms with van der Waals surface area (Å²) in [6, 6.07) is 10.2. The van der Waals surface area contributed by atoms with E-state index in [9.17, 15) is 13.2 Å². The average Bonchev–Trinajstić information content (AvgIpc) is 2.74. The Morgan fingerprint density at radius 1 is 1.17 bits per heavy atom. The van der Waals surface area contributed by atoms with E-state index in [4.69, 9.17) is 9.47 Å². The number of nitrogens with zero attached hydrogens (tertiary/aromatic N) is 1. The van der Waals surface area contributed by atoms with Gasteiger partial charge in [0.1, 0.15) is 5.60 Å². The van der Waals surface area contributed by atoms with Crippen molar-refractivity contribution in [2.24, 2.45) is 0 Å². The van der Waals surface area contributed by atoms with Gasteiger partial charge in [0.05, 0.1) is 10.6 Å². The van der Waals surface area contributed by atoms with Crippen molar-refractivity contribution in [3.63, 3.8) is 0 Å². The third kappa shape index (κ3) is 4.45. The van der Waals surface area contributed by atoms with E-state index in [-0.39, 0.29) is 31.0 Å². The number of hydrogen-bond donors (Lipinski definition) is 0. The summed E-state index contributed by atoms with van der Waals surface area (Å²) in [5.41, 5.74) is 0.777. The predicted molar refractivity (Wildman–Crippen MR) is 118 cm³/mol. The van der Waals surface area contributed by atoms with Gasteiger partial charge in [0.15, 0.2) is 14.6 Å². The van der Waals surface area contributed by atoms with E-state index < -0.39 is 26.2 Å². The maximum Gasteiger partial charge on any atom is 0.328 e. The molecule has 1 saturated heterocycles. The molecule has 2 aromatic rings. The lowest BCUT2D eigenvalue weighted by Gasteiger charge is -2.37. The molecule has 0 amide bonds. The van der Waals surface area contributed by atoms with Crippen LogP contribution in [0.2, 0.25) is 0 Å². The number of pyridine rings is 1. The van der Waals surface area contributed by atoms with Crippen molar-refractivity contribution in [3.05, 3.63) is 47.1 Å². The fraction of sp³-hybridized carbons (Fsp3) is 0.455. The van der Waals surface area contributed by atoms with Crippen molar-refractivity contribution in [1.82, 2.24) is 4.98 Å². The summed E-state index contributed by atoms with van der Waals surface area (Å²) in [5.74, 6) is -0.698. The Morgan fingerprint density at radius 3 is 2.33 bits per heavy atom. The molecule has 1 aromatic carbocycles. The number of halogens is 1. The van der Waals surface area contributed by atoms with Crippen molar-refractivity contribution >= 4 is 31.7 Å². The Labute approximate surface area is 186 Å². The molecule has 0 unspecified atom stereocenters. The van der Waals surface area contributed by atoms with Crippen LogP contribution in [0.3, 0.4) is 0 Å². The largest absolute Gasteiger partial charge is 0.458 e. The van der Waals surface area contributed by atoms with Crippen LogP contribution in [0.15, 0.2) is 52.0 Å². The normalized spacial score (nSPS) is 16.8. The maximum absolute atomic E-state index is 13.6. The number of aromatic nitrogens is 1. The van der Waals surface area contributed by atoms with Gasteiger partial charge in [0, 0.05) is 42.3 Å². The van der Waals surface area contributed by atoms with Crippen LogP contribution in [0.4, 0.5) is 0 Å². The SMILES string of the molecule is CCC(C)(C)OC(=O)C1(S(=O)(=O)c2ccc(-c3ccc(Br)cn3)cc2)CCOCC1. The summed E-state index contributed by atoms with van der Waals surface area (Å²) in [6.45, 7) is 5.85. The van der Waals surface area contributed by atoms with E-state index in [2.05, 4.69) is 20.9 Å². The fourth-order valence-corrected chi connectivity index (χ4v) is 5.42. The van der Waals surface area contributed by atoms with Crippen molar-refractivity contribution in [2.75, 3.05) is 13.2 Å². The molecule has 1 aliphatic rings. The third-order valence-electron chi connectivity index (χ3n) is 5.60. The second-order valence-electron chi connectivity index (χ2n) is 8.00. The van der Waals surface area contributed by atoms with Crippen molar-refractivity contribution < 1.29 is 22.7 Å². The zero-order chi connectivity index (χ0) is 22.0. The molecule has 0 atom stereocenters. The number of esters is 1. The monoisotopic (exact) mass is 495 g/mol. The van der Waals surface area contributed by atoms with Crippen molar-refractivity contribution in [1.29, 1.82) is 0 Å². The van der Waals surface area contributed by atoms with Gasteiger partial charge in [-0.1, -0.05) is 19.1 Å². The molecule has 1 fully saturated rings. The second-order valence-corrected chi connectivity index (χ2v) is 11.2. The van der Waals surface area contributed by atoms with E-state index in [1.54, 1.807) is 32.2 Å². The topological polar surface area (TPSA) is 82.6 Å². The van der Waals surface area contributed by atoms with E-state index >= 15 is 0 Å². The highest BCUT2D eigenvalue weighted by Crippen LogP contribution is 2.38. The van der Waals surface area contributed by atoms with Gasteiger partial charge in [-0.05, 0) is 60.5 Å². The highest BCUT2D eigenvalue weighted by Gasteiger charge is 2.54.